The molecule has 0 fully saturated rings. The summed E-state index contributed by atoms with van der Waals surface area (Å²) in [6.07, 6.45) is 0. The van der Waals surface area contributed by atoms with Crippen molar-refractivity contribution in [1.82, 2.24) is 0 Å². The zero-order chi connectivity index (χ0) is 16.6. The van der Waals surface area contributed by atoms with Crippen molar-refractivity contribution < 1.29 is 14.3 Å². The van der Waals surface area contributed by atoms with E-state index in [2.05, 4.69) is 0 Å². The molecule has 0 N–H and O–H groups in total. The summed E-state index contributed by atoms with van der Waals surface area (Å²) in [6, 6.07) is 13.8. The number of hydrogen-bond donors (Lipinski definition) is 0. The predicted octanol–water partition coefficient (Wildman–Crippen LogP) is 3.38. The van der Waals surface area contributed by atoms with E-state index in [0.717, 1.165) is 0 Å². The van der Waals surface area contributed by atoms with Crippen LogP contribution in [0.2, 0.25) is 0 Å². The molecule has 118 valence electrons. The molecule has 2 aromatic rings. The van der Waals surface area contributed by atoms with Crippen LogP contribution in [-0.2, 0) is 9.67 Å². The standard InChI is InChI=1S/C18H16ClNO3/c1-3-20-15-11-13(23-2)9-10-14(15)16(21)18(19,17(20)22)12-7-5-4-6-8-12/h4-11H,3H2,1-2H3. The van der Waals surface area contributed by atoms with E-state index in [1.165, 1.54) is 4.90 Å². The quantitative estimate of drug-likeness (QED) is 0.640. The molecule has 1 aliphatic rings. The Labute approximate surface area is 139 Å². The monoisotopic (exact) mass is 329 g/mol. The van der Waals surface area contributed by atoms with Crippen LogP contribution < -0.4 is 9.64 Å². The number of fused-ring (bicyclic) bond motifs is 1. The van der Waals surface area contributed by atoms with E-state index in [4.69, 9.17) is 16.3 Å². The molecule has 1 aliphatic heterocycles. The normalized spacial score (nSPS) is 20.4. The number of likely N-dealkylation sites (N-methyl/N-ethyl adjacent to an activating group) is 1. The third-order valence-electron chi connectivity index (χ3n) is 4.08. The summed E-state index contributed by atoms with van der Waals surface area (Å²) in [5, 5.41) is 0. The van der Waals surface area contributed by atoms with Crippen LogP contribution in [0.25, 0.3) is 0 Å². The van der Waals surface area contributed by atoms with Gasteiger partial charge in [-0.3, -0.25) is 9.59 Å². The molecule has 0 bridgehead atoms. The van der Waals surface area contributed by atoms with Crippen molar-refractivity contribution in [2.24, 2.45) is 0 Å². The number of ether oxygens (including phenoxy) is 1. The zero-order valence-corrected chi connectivity index (χ0v) is 13.6. The van der Waals surface area contributed by atoms with Gasteiger partial charge in [-0.25, -0.2) is 0 Å². The Hall–Kier alpha value is -2.33. The lowest BCUT2D eigenvalue weighted by Gasteiger charge is -2.37. The van der Waals surface area contributed by atoms with Crippen molar-refractivity contribution in [3.63, 3.8) is 0 Å². The van der Waals surface area contributed by atoms with Crippen LogP contribution in [0, 0.1) is 0 Å². The van der Waals surface area contributed by atoms with Crippen molar-refractivity contribution >= 4 is 29.0 Å². The summed E-state index contributed by atoms with van der Waals surface area (Å²) >= 11 is 6.60. The van der Waals surface area contributed by atoms with Crippen LogP contribution in [0.15, 0.2) is 48.5 Å². The molecule has 3 rings (SSSR count). The predicted molar refractivity (Wildman–Crippen MR) is 89.3 cm³/mol. The van der Waals surface area contributed by atoms with Gasteiger partial charge in [-0.05, 0) is 24.6 Å². The molecule has 1 unspecified atom stereocenters. The van der Waals surface area contributed by atoms with Gasteiger partial charge in [0.05, 0.1) is 12.8 Å². The van der Waals surface area contributed by atoms with Gasteiger partial charge in [-0.2, -0.15) is 0 Å². The van der Waals surface area contributed by atoms with Gasteiger partial charge < -0.3 is 9.64 Å². The lowest BCUT2D eigenvalue weighted by molar-refractivity contribution is -0.120. The number of halogens is 1. The first-order chi connectivity index (χ1) is 11.0. The fourth-order valence-corrected chi connectivity index (χ4v) is 3.20. The Morgan fingerprint density at radius 3 is 2.43 bits per heavy atom. The van der Waals surface area contributed by atoms with Crippen LogP contribution in [0.1, 0.15) is 22.8 Å². The number of alkyl halides is 1. The number of benzene rings is 2. The number of ketones is 1. The van der Waals surface area contributed by atoms with Crippen LogP contribution in [0.3, 0.4) is 0 Å². The Balaban J connectivity index is 2.23. The summed E-state index contributed by atoms with van der Waals surface area (Å²) < 4.78 is 5.20. The molecule has 2 aromatic carbocycles. The molecule has 23 heavy (non-hydrogen) atoms. The van der Waals surface area contributed by atoms with E-state index < -0.39 is 16.6 Å². The average Bonchev–Trinajstić information content (AvgIpc) is 2.60. The molecule has 0 radical (unpaired) electrons. The Kier molecular flexibility index (Phi) is 3.86. The van der Waals surface area contributed by atoms with Crippen LogP contribution in [-0.4, -0.2) is 25.3 Å². The number of Topliss-reactive ketones (excluding diaryl/α,β-unsaturated/α-hetero) is 1. The highest BCUT2D eigenvalue weighted by Gasteiger charge is 2.52. The Morgan fingerprint density at radius 2 is 1.83 bits per heavy atom. The molecule has 0 saturated heterocycles. The summed E-state index contributed by atoms with van der Waals surface area (Å²) in [5.74, 6) is -0.249. The third kappa shape index (κ3) is 2.21. The number of nitrogens with zero attached hydrogens (tertiary/aromatic N) is 1. The Bertz CT molecular complexity index is 775. The largest absolute Gasteiger partial charge is 0.497 e. The van der Waals surface area contributed by atoms with E-state index >= 15 is 0 Å². The number of hydrogen-bond acceptors (Lipinski definition) is 3. The van der Waals surface area contributed by atoms with Crippen LogP contribution >= 0.6 is 11.6 Å². The number of anilines is 1. The van der Waals surface area contributed by atoms with Crippen molar-refractivity contribution in [3.05, 3.63) is 59.7 Å². The molecular weight excluding hydrogens is 314 g/mol. The van der Waals surface area contributed by atoms with Crippen LogP contribution in [0.4, 0.5) is 5.69 Å². The number of carbonyl (C=O) groups is 2. The van der Waals surface area contributed by atoms with Crippen molar-refractivity contribution in [2.45, 2.75) is 11.8 Å². The average molecular weight is 330 g/mol. The maximum Gasteiger partial charge on any atom is 0.260 e. The summed E-state index contributed by atoms with van der Waals surface area (Å²) in [7, 11) is 1.54. The second-order valence-corrected chi connectivity index (χ2v) is 5.85. The second kappa shape index (κ2) is 5.70. The molecule has 0 aromatic heterocycles. The van der Waals surface area contributed by atoms with Gasteiger partial charge in [0.2, 0.25) is 4.87 Å². The van der Waals surface area contributed by atoms with Crippen molar-refractivity contribution in [2.75, 3.05) is 18.6 Å². The topological polar surface area (TPSA) is 46.6 Å². The molecule has 0 aliphatic carbocycles. The van der Waals surface area contributed by atoms with Gasteiger partial charge in [0, 0.05) is 18.2 Å². The highest BCUT2D eigenvalue weighted by atomic mass is 35.5. The minimum Gasteiger partial charge on any atom is -0.497 e. The lowest BCUT2D eigenvalue weighted by Crippen LogP contribution is -2.52. The molecular formula is C18H16ClNO3. The number of rotatable bonds is 3. The first-order valence-electron chi connectivity index (χ1n) is 7.33. The van der Waals surface area contributed by atoms with Crippen LogP contribution in [0.5, 0.6) is 5.75 Å². The van der Waals surface area contributed by atoms with Gasteiger partial charge >= 0.3 is 0 Å². The van der Waals surface area contributed by atoms with E-state index in [1.54, 1.807) is 49.6 Å². The number of amides is 1. The van der Waals surface area contributed by atoms with Crippen molar-refractivity contribution in [1.29, 1.82) is 0 Å². The SMILES string of the molecule is CCN1C(=O)C(Cl)(c2ccccc2)C(=O)c2ccc(OC)cc21. The summed E-state index contributed by atoms with van der Waals surface area (Å²) in [5.41, 5.74) is 1.44. The Morgan fingerprint density at radius 1 is 1.13 bits per heavy atom. The molecule has 1 amide bonds. The second-order valence-electron chi connectivity index (χ2n) is 5.29. The van der Waals surface area contributed by atoms with E-state index in [-0.39, 0.29) is 0 Å². The molecule has 0 saturated carbocycles. The maximum absolute atomic E-state index is 13.0. The smallest absolute Gasteiger partial charge is 0.260 e. The van der Waals surface area contributed by atoms with Gasteiger partial charge in [0.1, 0.15) is 5.75 Å². The third-order valence-corrected chi connectivity index (χ3v) is 4.63. The molecule has 5 heteroatoms. The minimum absolute atomic E-state index is 0.405. The summed E-state index contributed by atoms with van der Waals surface area (Å²) in [4.78, 5) is 25.8. The zero-order valence-electron chi connectivity index (χ0n) is 12.9. The molecule has 1 heterocycles. The lowest BCUT2D eigenvalue weighted by atomic mass is 9.84. The van der Waals surface area contributed by atoms with E-state index in [1.807, 2.05) is 13.0 Å². The number of methoxy groups -OCH3 is 1. The number of carbonyl (C=O) groups excluding carboxylic acids is 2. The van der Waals surface area contributed by atoms with Gasteiger partial charge in [0.25, 0.3) is 5.91 Å². The fraction of sp³-hybridized carbons (Fsp3) is 0.222. The van der Waals surface area contributed by atoms with Crippen molar-refractivity contribution in [3.8, 4) is 5.75 Å². The molecule has 1 atom stereocenters. The first kappa shape index (κ1) is 15.6. The highest BCUT2D eigenvalue weighted by molar-refractivity contribution is 6.52. The van der Waals surface area contributed by atoms with E-state index in [0.29, 0.717) is 29.1 Å². The minimum atomic E-state index is -1.72. The van der Waals surface area contributed by atoms with Gasteiger partial charge in [-0.15, -0.1) is 0 Å². The van der Waals surface area contributed by atoms with Gasteiger partial charge in [-0.1, -0.05) is 41.9 Å². The maximum atomic E-state index is 13.0. The molecule has 4 nitrogen and oxygen atoms in total. The first-order valence-corrected chi connectivity index (χ1v) is 7.71. The van der Waals surface area contributed by atoms with E-state index in [9.17, 15) is 9.59 Å². The molecule has 0 spiro atoms. The highest BCUT2D eigenvalue weighted by Crippen LogP contribution is 2.43. The van der Waals surface area contributed by atoms with Gasteiger partial charge in [0.15, 0.2) is 5.78 Å². The summed E-state index contributed by atoms with van der Waals surface area (Å²) in [6.45, 7) is 2.26. The fourth-order valence-electron chi connectivity index (χ4n) is 2.87.